The van der Waals surface area contributed by atoms with E-state index in [0.29, 0.717) is 0 Å². The Bertz CT molecular complexity index is 268. The molecule has 1 aliphatic rings. The largest absolute Gasteiger partial charge is 0.270 e. The molecule has 0 spiro atoms. The Morgan fingerprint density at radius 3 is 2.69 bits per heavy atom. The summed E-state index contributed by atoms with van der Waals surface area (Å²) in [5.41, 5.74) is 1.00. The molecule has 0 radical (unpaired) electrons. The van der Waals surface area contributed by atoms with Gasteiger partial charge in [0.15, 0.2) is 5.84 Å². The van der Waals surface area contributed by atoms with Crippen LogP contribution in [0, 0.1) is 0 Å². The van der Waals surface area contributed by atoms with Gasteiger partial charge in [-0.15, -0.1) is 0 Å². The summed E-state index contributed by atoms with van der Waals surface area (Å²) in [5, 5.41) is 0. The lowest BCUT2D eigenvalue weighted by molar-refractivity contribution is 1.39. The summed E-state index contributed by atoms with van der Waals surface area (Å²) < 4.78 is 0. The standard InChI is InChI=1S/C9H10N2.C2H6/c1-3-5-8-6-4-7-11-9(8)10-2;1-2/h3-7H,1H2,2H3;1-2H3/b8-5-,10-9?;. The molecule has 0 unspecified atom stereocenters. The third-order valence-corrected chi connectivity index (χ3v) is 1.33. The molecule has 0 saturated heterocycles. The summed E-state index contributed by atoms with van der Waals surface area (Å²) in [6.45, 7) is 7.61. The van der Waals surface area contributed by atoms with Gasteiger partial charge in [-0.2, -0.15) is 0 Å². The van der Waals surface area contributed by atoms with Crippen molar-refractivity contribution in [2.75, 3.05) is 7.05 Å². The van der Waals surface area contributed by atoms with Crippen LogP contribution in [-0.2, 0) is 0 Å². The number of aliphatic imine (C=N–C) groups is 2. The summed E-state index contributed by atoms with van der Waals surface area (Å²) >= 11 is 0. The molecule has 0 N–H and O–H groups in total. The average Bonchev–Trinajstić information content (AvgIpc) is 2.22. The third kappa shape index (κ3) is 3.65. The molecule has 0 aromatic heterocycles. The minimum Gasteiger partial charge on any atom is -0.270 e. The van der Waals surface area contributed by atoms with Crippen LogP contribution in [0.5, 0.6) is 0 Å². The SMILES string of the molecule is C=C/C=C1/C=CC=NC1=NC.CC. The lowest BCUT2D eigenvalue weighted by atomic mass is 10.2. The van der Waals surface area contributed by atoms with Crippen LogP contribution in [0.3, 0.4) is 0 Å². The Morgan fingerprint density at radius 2 is 2.15 bits per heavy atom. The number of hydrogen-bond acceptors (Lipinski definition) is 1. The van der Waals surface area contributed by atoms with Crippen molar-refractivity contribution in [1.82, 2.24) is 0 Å². The van der Waals surface area contributed by atoms with Crippen molar-refractivity contribution in [2.24, 2.45) is 9.98 Å². The van der Waals surface area contributed by atoms with Crippen molar-refractivity contribution in [3.8, 4) is 0 Å². The number of nitrogens with zero attached hydrogens (tertiary/aromatic N) is 2. The highest BCUT2D eigenvalue weighted by atomic mass is 14.9. The summed E-state index contributed by atoms with van der Waals surface area (Å²) in [7, 11) is 1.72. The van der Waals surface area contributed by atoms with Gasteiger partial charge in [0.25, 0.3) is 0 Å². The molecule has 70 valence electrons. The van der Waals surface area contributed by atoms with E-state index in [1.165, 1.54) is 0 Å². The first-order valence-corrected chi connectivity index (χ1v) is 4.39. The van der Waals surface area contributed by atoms with Crippen molar-refractivity contribution < 1.29 is 0 Å². The zero-order valence-corrected chi connectivity index (χ0v) is 8.49. The van der Waals surface area contributed by atoms with Gasteiger partial charge < -0.3 is 0 Å². The van der Waals surface area contributed by atoms with Gasteiger partial charge in [-0.1, -0.05) is 32.6 Å². The highest BCUT2D eigenvalue weighted by Gasteiger charge is 2.01. The van der Waals surface area contributed by atoms with Gasteiger partial charge in [0.2, 0.25) is 0 Å². The van der Waals surface area contributed by atoms with Crippen LogP contribution in [0.15, 0.2) is 46.4 Å². The van der Waals surface area contributed by atoms with Gasteiger partial charge in [0, 0.05) is 18.8 Å². The van der Waals surface area contributed by atoms with E-state index in [1.54, 1.807) is 19.3 Å². The summed E-state index contributed by atoms with van der Waals surface area (Å²) in [6.07, 6.45) is 9.17. The topological polar surface area (TPSA) is 24.7 Å². The molecule has 0 aromatic rings. The molecule has 2 nitrogen and oxygen atoms in total. The molecule has 2 heteroatoms. The molecule has 0 aliphatic carbocycles. The van der Waals surface area contributed by atoms with Crippen molar-refractivity contribution in [1.29, 1.82) is 0 Å². The van der Waals surface area contributed by atoms with E-state index in [4.69, 9.17) is 0 Å². The zero-order valence-electron chi connectivity index (χ0n) is 8.49. The van der Waals surface area contributed by atoms with Crippen LogP contribution in [0.2, 0.25) is 0 Å². The maximum Gasteiger partial charge on any atom is 0.154 e. The highest BCUT2D eigenvalue weighted by Crippen LogP contribution is 2.05. The Morgan fingerprint density at radius 1 is 1.46 bits per heavy atom. The minimum atomic E-state index is 0.757. The van der Waals surface area contributed by atoms with E-state index in [9.17, 15) is 0 Å². The van der Waals surface area contributed by atoms with Crippen LogP contribution < -0.4 is 0 Å². The quantitative estimate of drug-likeness (QED) is 0.587. The Hall–Kier alpha value is -1.44. The third-order valence-electron chi connectivity index (χ3n) is 1.33. The fourth-order valence-corrected chi connectivity index (χ4v) is 0.853. The summed E-state index contributed by atoms with van der Waals surface area (Å²) in [6, 6.07) is 0. The number of amidine groups is 1. The minimum absolute atomic E-state index is 0.757. The first-order valence-electron chi connectivity index (χ1n) is 4.39. The van der Waals surface area contributed by atoms with E-state index in [0.717, 1.165) is 11.4 Å². The molecular weight excluding hydrogens is 160 g/mol. The van der Waals surface area contributed by atoms with Crippen LogP contribution in [0.25, 0.3) is 0 Å². The summed E-state index contributed by atoms with van der Waals surface area (Å²) in [4.78, 5) is 8.07. The van der Waals surface area contributed by atoms with Crippen molar-refractivity contribution >= 4 is 12.1 Å². The molecule has 1 heterocycles. The number of dihydropyridines is 1. The normalized spacial score (nSPS) is 19.9. The maximum absolute atomic E-state index is 4.07. The molecule has 0 atom stereocenters. The molecule has 13 heavy (non-hydrogen) atoms. The second-order valence-corrected chi connectivity index (χ2v) is 2.04. The molecule has 1 aliphatic heterocycles. The number of allylic oxidation sites excluding steroid dienone is 3. The molecule has 0 saturated carbocycles. The van der Waals surface area contributed by atoms with Crippen molar-refractivity contribution in [2.45, 2.75) is 13.8 Å². The van der Waals surface area contributed by atoms with Crippen LogP contribution in [0.4, 0.5) is 0 Å². The summed E-state index contributed by atoms with van der Waals surface area (Å²) in [5.74, 6) is 0.757. The van der Waals surface area contributed by atoms with E-state index in [-0.39, 0.29) is 0 Å². The lowest BCUT2D eigenvalue weighted by Gasteiger charge is -2.02. The van der Waals surface area contributed by atoms with E-state index >= 15 is 0 Å². The Kier molecular flexibility index (Phi) is 6.42. The molecular formula is C11H16N2. The Labute approximate surface area is 80.1 Å². The predicted octanol–water partition coefficient (Wildman–Crippen LogP) is 2.79. The molecule has 0 bridgehead atoms. The smallest absolute Gasteiger partial charge is 0.154 e. The molecule has 0 amide bonds. The van der Waals surface area contributed by atoms with Crippen LogP contribution in [0.1, 0.15) is 13.8 Å². The average molecular weight is 176 g/mol. The monoisotopic (exact) mass is 176 g/mol. The second kappa shape index (κ2) is 7.22. The highest BCUT2D eigenvalue weighted by molar-refractivity contribution is 6.08. The van der Waals surface area contributed by atoms with E-state index < -0.39 is 0 Å². The first-order chi connectivity index (χ1) is 6.38. The van der Waals surface area contributed by atoms with Crippen LogP contribution >= 0.6 is 0 Å². The lowest BCUT2D eigenvalue weighted by Crippen LogP contribution is -2.00. The van der Waals surface area contributed by atoms with Gasteiger partial charge in [-0.3, -0.25) is 4.99 Å². The van der Waals surface area contributed by atoms with Crippen LogP contribution in [-0.4, -0.2) is 19.1 Å². The van der Waals surface area contributed by atoms with E-state index in [2.05, 4.69) is 16.6 Å². The number of hydrogen-bond donors (Lipinski definition) is 0. The van der Waals surface area contributed by atoms with Crippen molar-refractivity contribution in [3.05, 3.63) is 36.5 Å². The zero-order chi connectivity index (χ0) is 10.1. The Balaban J connectivity index is 0.000000671. The van der Waals surface area contributed by atoms with Crippen molar-refractivity contribution in [3.63, 3.8) is 0 Å². The molecule has 1 rings (SSSR count). The van der Waals surface area contributed by atoms with Gasteiger partial charge in [0.1, 0.15) is 0 Å². The predicted molar refractivity (Wildman–Crippen MR) is 60.6 cm³/mol. The van der Waals surface area contributed by atoms with Gasteiger partial charge in [-0.05, 0) is 12.2 Å². The van der Waals surface area contributed by atoms with Gasteiger partial charge in [-0.25, -0.2) is 4.99 Å². The van der Waals surface area contributed by atoms with E-state index in [1.807, 2.05) is 32.1 Å². The van der Waals surface area contributed by atoms with Gasteiger partial charge >= 0.3 is 0 Å². The molecule has 0 fully saturated rings. The number of rotatable bonds is 1. The first kappa shape index (κ1) is 11.6. The fourth-order valence-electron chi connectivity index (χ4n) is 0.853. The maximum atomic E-state index is 4.07. The fraction of sp³-hybridized carbons (Fsp3) is 0.273. The molecule has 0 aromatic carbocycles. The van der Waals surface area contributed by atoms with Gasteiger partial charge in [0.05, 0.1) is 0 Å². The second-order valence-electron chi connectivity index (χ2n) is 2.04.